The first-order valence-corrected chi connectivity index (χ1v) is 6.02. The first kappa shape index (κ1) is 14.9. The van der Waals surface area contributed by atoms with Crippen LogP contribution in [0.1, 0.15) is 19.7 Å². The van der Waals surface area contributed by atoms with Gasteiger partial charge in [0.15, 0.2) is 5.82 Å². The Morgan fingerprint density at radius 1 is 1.47 bits per heavy atom. The number of aliphatic carboxylic acids is 1. The maximum Gasteiger partial charge on any atom is 0.326 e. The molecule has 8 heteroatoms. The molecule has 2 amide bonds. The first-order valence-electron chi connectivity index (χ1n) is 6.02. The van der Waals surface area contributed by atoms with Gasteiger partial charge in [0.2, 0.25) is 0 Å². The molecular formula is C11H19N5O3. The van der Waals surface area contributed by atoms with Gasteiger partial charge in [-0.05, 0) is 5.92 Å². The fourth-order valence-corrected chi connectivity index (χ4v) is 1.49. The summed E-state index contributed by atoms with van der Waals surface area (Å²) in [6, 6.07) is -1.40. The van der Waals surface area contributed by atoms with E-state index in [0.29, 0.717) is 18.8 Å². The summed E-state index contributed by atoms with van der Waals surface area (Å²) in [4.78, 5) is 26.5. The summed E-state index contributed by atoms with van der Waals surface area (Å²) in [5, 5.41) is 18.0. The molecule has 0 saturated carbocycles. The number of carbonyl (C=O) groups is 2. The van der Waals surface area contributed by atoms with Crippen LogP contribution in [0.5, 0.6) is 0 Å². The molecule has 0 saturated heterocycles. The van der Waals surface area contributed by atoms with Gasteiger partial charge < -0.3 is 15.7 Å². The van der Waals surface area contributed by atoms with Crippen LogP contribution in [0.2, 0.25) is 0 Å². The SMILES string of the molecule is CC(C)[C@H](NC(=O)NCCc1ncn(C)n1)C(=O)O. The average Bonchev–Trinajstić information content (AvgIpc) is 2.71. The summed E-state index contributed by atoms with van der Waals surface area (Å²) in [7, 11) is 1.76. The maximum atomic E-state index is 11.5. The number of amides is 2. The lowest BCUT2D eigenvalue weighted by Crippen LogP contribution is -2.48. The first-order chi connectivity index (χ1) is 8.90. The Labute approximate surface area is 111 Å². The van der Waals surface area contributed by atoms with Crippen molar-refractivity contribution in [2.24, 2.45) is 13.0 Å². The van der Waals surface area contributed by atoms with Gasteiger partial charge >= 0.3 is 12.0 Å². The molecule has 0 bridgehead atoms. The van der Waals surface area contributed by atoms with Gasteiger partial charge in [0.05, 0.1) is 0 Å². The smallest absolute Gasteiger partial charge is 0.326 e. The molecule has 0 aliphatic heterocycles. The second-order valence-corrected chi connectivity index (χ2v) is 4.54. The topological polar surface area (TPSA) is 109 Å². The lowest BCUT2D eigenvalue weighted by molar-refractivity contribution is -0.140. The highest BCUT2D eigenvalue weighted by molar-refractivity contribution is 5.82. The van der Waals surface area contributed by atoms with Gasteiger partial charge in [0.1, 0.15) is 12.4 Å². The van der Waals surface area contributed by atoms with E-state index in [4.69, 9.17) is 5.11 Å². The molecule has 0 aliphatic carbocycles. The fourth-order valence-electron chi connectivity index (χ4n) is 1.49. The average molecular weight is 269 g/mol. The van der Waals surface area contributed by atoms with E-state index in [-0.39, 0.29) is 5.92 Å². The third-order valence-electron chi connectivity index (χ3n) is 2.50. The minimum absolute atomic E-state index is 0.180. The third kappa shape index (κ3) is 4.94. The summed E-state index contributed by atoms with van der Waals surface area (Å²) in [5.74, 6) is -0.598. The number of nitrogens with zero attached hydrogens (tertiary/aromatic N) is 3. The van der Waals surface area contributed by atoms with Crippen LogP contribution in [0.15, 0.2) is 6.33 Å². The number of urea groups is 1. The summed E-state index contributed by atoms with van der Waals surface area (Å²) in [6.45, 7) is 3.81. The summed E-state index contributed by atoms with van der Waals surface area (Å²) < 4.78 is 1.58. The van der Waals surface area contributed by atoms with Crippen molar-refractivity contribution in [3.8, 4) is 0 Å². The number of carboxylic acid groups (broad SMARTS) is 1. The van der Waals surface area contributed by atoms with E-state index in [9.17, 15) is 9.59 Å². The second-order valence-electron chi connectivity index (χ2n) is 4.54. The quantitative estimate of drug-likeness (QED) is 0.660. The van der Waals surface area contributed by atoms with Crippen molar-refractivity contribution >= 4 is 12.0 Å². The molecule has 0 aromatic carbocycles. The molecule has 1 aromatic rings. The van der Waals surface area contributed by atoms with Crippen LogP contribution >= 0.6 is 0 Å². The van der Waals surface area contributed by atoms with Gasteiger partial charge in [0.25, 0.3) is 0 Å². The summed E-state index contributed by atoms with van der Waals surface area (Å²) >= 11 is 0. The minimum Gasteiger partial charge on any atom is -0.480 e. The van der Waals surface area contributed by atoms with Crippen LogP contribution in [-0.2, 0) is 18.3 Å². The molecule has 0 unspecified atom stereocenters. The number of hydrogen-bond donors (Lipinski definition) is 3. The molecule has 0 radical (unpaired) electrons. The van der Waals surface area contributed by atoms with Crippen molar-refractivity contribution in [2.75, 3.05) is 6.54 Å². The van der Waals surface area contributed by atoms with Crippen molar-refractivity contribution in [1.82, 2.24) is 25.4 Å². The number of aromatic nitrogens is 3. The van der Waals surface area contributed by atoms with E-state index in [1.807, 2.05) is 0 Å². The Kier molecular flexibility index (Phi) is 5.28. The fraction of sp³-hybridized carbons (Fsp3) is 0.636. The number of carbonyl (C=O) groups excluding carboxylic acids is 1. The molecule has 0 aliphatic rings. The molecule has 0 spiro atoms. The van der Waals surface area contributed by atoms with Crippen molar-refractivity contribution in [3.05, 3.63) is 12.2 Å². The Hall–Kier alpha value is -2.12. The standard InChI is InChI=1S/C11H19N5O3/c1-7(2)9(10(17)18)14-11(19)12-5-4-8-13-6-16(3)15-8/h6-7,9H,4-5H2,1-3H3,(H,17,18)(H2,12,14,19)/t9-/m0/s1. The number of hydrogen-bond acceptors (Lipinski definition) is 4. The van der Waals surface area contributed by atoms with Crippen LogP contribution in [0.4, 0.5) is 4.79 Å². The highest BCUT2D eigenvalue weighted by Crippen LogP contribution is 2.01. The van der Waals surface area contributed by atoms with Crippen molar-refractivity contribution in [2.45, 2.75) is 26.3 Å². The zero-order valence-electron chi connectivity index (χ0n) is 11.3. The predicted molar refractivity (Wildman–Crippen MR) is 67.5 cm³/mol. The van der Waals surface area contributed by atoms with Crippen LogP contribution in [0, 0.1) is 5.92 Å². The van der Waals surface area contributed by atoms with Crippen LogP contribution in [0.25, 0.3) is 0 Å². The molecule has 1 rings (SSSR count). The monoisotopic (exact) mass is 269 g/mol. The zero-order chi connectivity index (χ0) is 14.4. The lowest BCUT2D eigenvalue weighted by atomic mass is 10.1. The van der Waals surface area contributed by atoms with Gasteiger partial charge in [0, 0.05) is 20.0 Å². The van der Waals surface area contributed by atoms with Gasteiger partial charge in [-0.3, -0.25) is 4.68 Å². The highest BCUT2D eigenvalue weighted by Gasteiger charge is 2.23. The summed E-state index contributed by atoms with van der Waals surface area (Å²) in [6.07, 6.45) is 2.07. The van der Waals surface area contributed by atoms with E-state index in [2.05, 4.69) is 20.7 Å². The Morgan fingerprint density at radius 3 is 2.63 bits per heavy atom. The Morgan fingerprint density at radius 2 is 2.16 bits per heavy atom. The molecule has 0 fully saturated rings. The van der Waals surface area contributed by atoms with E-state index in [1.54, 1.807) is 31.9 Å². The third-order valence-corrected chi connectivity index (χ3v) is 2.50. The molecule has 8 nitrogen and oxygen atoms in total. The van der Waals surface area contributed by atoms with Crippen molar-refractivity contribution < 1.29 is 14.7 Å². The molecule has 19 heavy (non-hydrogen) atoms. The van der Waals surface area contributed by atoms with Gasteiger partial charge in [-0.2, -0.15) is 5.10 Å². The van der Waals surface area contributed by atoms with Crippen LogP contribution in [-0.4, -0.2) is 44.5 Å². The predicted octanol–water partition coefficient (Wildman–Crippen LogP) is -0.234. The number of carboxylic acids is 1. The second kappa shape index (κ2) is 6.72. The Balaban J connectivity index is 2.33. The maximum absolute atomic E-state index is 11.5. The van der Waals surface area contributed by atoms with Gasteiger partial charge in [-0.25, -0.2) is 14.6 Å². The minimum atomic E-state index is -1.04. The van der Waals surface area contributed by atoms with E-state index in [0.717, 1.165) is 0 Å². The highest BCUT2D eigenvalue weighted by atomic mass is 16.4. The number of nitrogens with one attached hydrogen (secondary N) is 2. The molecule has 3 N–H and O–H groups in total. The van der Waals surface area contributed by atoms with E-state index >= 15 is 0 Å². The largest absolute Gasteiger partial charge is 0.480 e. The number of aryl methyl sites for hydroxylation is 1. The normalized spacial score (nSPS) is 12.2. The van der Waals surface area contributed by atoms with Gasteiger partial charge in [-0.15, -0.1) is 0 Å². The van der Waals surface area contributed by atoms with Crippen LogP contribution in [0.3, 0.4) is 0 Å². The number of rotatable bonds is 6. The van der Waals surface area contributed by atoms with Crippen molar-refractivity contribution in [1.29, 1.82) is 0 Å². The van der Waals surface area contributed by atoms with E-state index in [1.165, 1.54) is 0 Å². The molecule has 106 valence electrons. The van der Waals surface area contributed by atoms with Gasteiger partial charge in [-0.1, -0.05) is 13.8 Å². The molecule has 1 atom stereocenters. The molecular weight excluding hydrogens is 250 g/mol. The molecule has 1 heterocycles. The zero-order valence-corrected chi connectivity index (χ0v) is 11.3. The Bertz CT molecular complexity index is 443. The van der Waals surface area contributed by atoms with Crippen LogP contribution < -0.4 is 10.6 Å². The van der Waals surface area contributed by atoms with Crippen molar-refractivity contribution in [3.63, 3.8) is 0 Å². The van der Waals surface area contributed by atoms with E-state index < -0.39 is 18.0 Å². The lowest BCUT2D eigenvalue weighted by Gasteiger charge is -2.18. The molecule has 1 aromatic heterocycles. The summed E-state index contributed by atoms with van der Waals surface area (Å²) in [5.41, 5.74) is 0.